The van der Waals surface area contributed by atoms with Gasteiger partial charge in [-0.25, -0.2) is 0 Å². The number of para-hydroxylation sites is 1. The molecule has 1 fully saturated rings. The minimum absolute atomic E-state index is 1.16. The van der Waals surface area contributed by atoms with Crippen LogP contribution in [0.5, 0.6) is 0 Å². The number of nitrogens with one attached hydrogen (secondary N) is 2. The van der Waals surface area contributed by atoms with Gasteiger partial charge in [-0.2, -0.15) is 0 Å². The zero-order valence-corrected chi connectivity index (χ0v) is 14.1. The van der Waals surface area contributed by atoms with E-state index in [0.29, 0.717) is 0 Å². The average molecular weight is 323 g/mol. The number of anilines is 1. The van der Waals surface area contributed by atoms with Gasteiger partial charge in [0, 0.05) is 45.8 Å². The first-order valence-corrected chi connectivity index (χ1v) is 8.97. The highest BCUT2D eigenvalue weighted by Crippen LogP contribution is 2.36. The SMILES string of the molecule is CNSc1ccc(N2CCCC2)c(-c2cc3ccccc3[nH]2)c1. The molecule has 0 aliphatic carbocycles. The molecule has 1 aromatic heterocycles. The maximum Gasteiger partial charge on any atom is 0.0486 e. The number of hydrogen-bond acceptors (Lipinski definition) is 3. The van der Waals surface area contributed by atoms with Crippen molar-refractivity contribution >= 4 is 28.5 Å². The van der Waals surface area contributed by atoms with Gasteiger partial charge in [0.15, 0.2) is 0 Å². The smallest absolute Gasteiger partial charge is 0.0486 e. The monoisotopic (exact) mass is 323 g/mol. The molecule has 3 nitrogen and oxygen atoms in total. The Kier molecular flexibility index (Phi) is 4.02. The third-order valence-corrected chi connectivity index (χ3v) is 5.15. The van der Waals surface area contributed by atoms with Gasteiger partial charge in [0.2, 0.25) is 0 Å². The van der Waals surface area contributed by atoms with E-state index in [0.717, 1.165) is 13.1 Å². The second-order valence-electron chi connectivity index (χ2n) is 5.95. The van der Waals surface area contributed by atoms with Crippen molar-refractivity contribution in [3.63, 3.8) is 0 Å². The Balaban J connectivity index is 1.84. The Morgan fingerprint density at radius 3 is 2.65 bits per heavy atom. The molecule has 4 rings (SSSR count). The number of fused-ring (bicyclic) bond motifs is 1. The van der Waals surface area contributed by atoms with Crippen LogP contribution in [0.25, 0.3) is 22.2 Å². The zero-order valence-electron chi connectivity index (χ0n) is 13.3. The van der Waals surface area contributed by atoms with E-state index in [-0.39, 0.29) is 0 Å². The Labute approximate surface area is 141 Å². The first-order valence-electron chi connectivity index (χ1n) is 8.16. The lowest BCUT2D eigenvalue weighted by molar-refractivity contribution is 0.949. The van der Waals surface area contributed by atoms with Gasteiger partial charge in [-0.05, 0) is 62.2 Å². The van der Waals surface area contributed by atoms with Crippen molar-refractivity contribution in [3.8, 4) is 11.3 Å². The van der Waals surface area contributed by atoms with E-state index in [1.807, 2.05) is 7.05 Å². The maximum absolute atomic E-state index is 3.59. The third-order valence-electron chi connectivity index (χ3n) is 4.45. The minimum Gasteiger partial charge on any atom is -0.371 e. The summed E-state index contributed by atoms with van der Waals surface area (Å²) >= 11 is 1.66. The molecule has 0 bridgehead atoms. The molecule has 0 saturated carbocycles. The van der Waals surface area contributed by atoms with Crippen LogP contribution in [0.4, 0.5) is 5.69 Å². The van der Waals surface area contributed by atoms with E-state index >= 15 is 0 Å². The number of nitrogens with zero attached hydrogens (tertiary/aromatic N) is 1. The van der Waals surface area contributed by atoms with Crippen LogP contribution < -0.4 is 9.62 Å². The molecule has 0 spiro atoms. The molecule has 1 aliphatic rings. The highest BCUT2D eigenvalue weighted by molar-refractivity contribution is 7.97. The van der Waals surface area contributed by atoms with Gasteiger partial charge >= 0.3 is 0 Å². The standard InChI is InChI=1S/C19H21N3S/c1-20-23-15-8-9-19(22-10-4-5-11-22)16(13-15)18-12-14-6-2-3-7-17(14)21-18/h2-3,6-9,12-13,20-21H,4-5,10-11H2,1H3. The molecular weight excluding hydrogens is 302 g/mol. The summed E-state index contributed by atoms with van der Waals surface area (Å²) < 4.78 is 3.17. The van der Waals surface area contributed by atoms with Crippen LogP contribution in [0.15, 0.2) is 53.4 Å². The van der Waals surface area contributed by atoms with E-state index in [4.69, 9.17) is 0 Å². The van der Waals surface area contributed by atoms with Crippen molar-refractivity contribution in [1.82, 2.24) is 9.71 Å². The fraction of sp³-hybridized carbons (Fsp3) is 0.263. The summed E-state index contributed by atoms with van der Waals surface area (Å²) in [6.07, 6.45) is 2.58. The third kappa shape index (κ3) is 2.84. The van der Waals surface area contributed by atoms with E-state index in [2.05, 4.69) is 63.1 Å². The van der Waals surface area contributed by atoms with Gasteiger partial charge in [-0.1, -0.05) is 18.2 Å². The van der Waals surface area contributed by atoms with E-state index in [9.17, 15) is 0 Å². The molecular formula is C19H21N3S. The zero-order chi connectivity index (χ0) is 15.6. The predicted molar refractivity (Wildman–Crippen MR) is 100 cm³/mol. The molecule has 2 N–H and O–H groups in total. The van der Waals surface area contributed by atoms with Gasteiger partial charge in [0.05, 0.1) is 0 Å². The molecule has 3 aromatic rings. The topological polar surface area (TPSA) is 31.1 Å². The van der Waals surface area contributed by atoms with Crippen molar-refractivity contribution in [3.05, 3.63) is 48.5 Å². The molecule has 1 saturated heterocycles. The molecule has 0 amide bonds. The second kappa shape index (κ2) is 6.30. The van der Waals surface area contributed by atoms with Crippen LogP contribution in [0.1, 0.15) is 12.8 Å². The lowest BCUT2D eigenvalue weighted by atomic mass is 10.1. The number of H-pyrrole nitrogens is 1. The molecule has 118 valence electrons. The molecule has 0 radical (unpaired) electrons. The summed E-state index contributed by atoms with van der Waals surface area (Å²) in [5.74, 6) is 0. The molecule has 4 heteroatoms. The minimum atomic E-state index is 1.16. The van der Waals surface area contributed by atoms with Crippen LogP contribution in [0, 0.1) is 0 Å². The van der Waals surface area contributed by atoms with E-state index < -0.39 is 0 Å². The highest BCUT2D eigenvalue weighted by atomic mass is 32.2. The van der Waals surface area contributed by atoms with Gasteiger partial charge in [-0.3, -0.25) is 4.72 Å². The quantitative estimate of drug-likeness (QED) is 0.685. The predicted octanol–water partition coefficient (Wildman–Crippen LogP) is 4.66. The highest BCUT2D eigenvalue weighted by Gasteiger charge is 2.18. The van der Waals surface area contributed by atoms with Crippen molar-refractivity contribution in [1.29, 1.82) is 0 Å². The first kappa shape index (κ1) is 14.7. The van der Waals surface area contributed by atoms with Crippen molar-refractivity contribution in [2.45, 2.75) is 17.7 Å². The van der Waals surface area contributed by atoms with Crippen molar-refractivity contribution < 1.29 is 0 Å². The molecule has 0 unspecified atom stereocenters. The molecule has 0 atom stereocenters. The van der Waals surface area contributed by atoms with Crippen LogP contribution in [0.3, 0.4) is 0 Å². The summed E-state index contributed by atoms with van der Waals surface area (Å²) in [6.45, 7) is 2.32. The Morgan fingerprint density at radius 1 is 1.04 bits per heavy atom. The summed E-state index contributed by atoms with van der Waals surface area (Å²) in [5, 5.41) is 1.27. The Morgan fingerprint density at radius 2 is 1.87 bits per heavy atom. The van der Waals surface area contributed by atoms with Gasteiger partial charge < -0.3 is 9.88 Å². The second-order valence-corrected chi connectivity index (χ2v) is 7.03. The van der Waals surface area contributed by atoms with Gasteiger partial charge in [0.1, 0.15) is 0 Å². The lowest BCUT2D eigenvalue weighted by Gasteiger charge is -2.21. The Bertz CT molecular complexity index is 785. The lowest BCUT2D eigenvalue weighted by Crippen LogP contribution is -2.18. The van der Waals surface area contributed by atoms with Crippen LogP contribution in [-0.2, 0) is 0 Å². The fourth-order valence-corrected chi connectivity index (χ4v) is 3.91. The summed E-state index contributed by atoms with van der Waals surface area (Å²) in [7, 11) is 1.96. The van der Waals surface area contributed by atoms with Crippen molar-refractivity contribution in [2.24, 2.45) is 0 Å². The average Bonchev–Trinajstić information content (AvgIpc) is 3.24. The Hall–Kier alpha value is -1.91. The number of benzene rings is 2. The number of hydrogen-bond donors (Lipinski definition) is 2. The van der Waals surface area contributed by atoms with Gasteiger partial charge in [0.25, 0.3) is 0 Å². The van der Waals surface area contributed by atoms with Crippen LogP contribution in [-0.4, -0.2) is 25.1 Å². The van der Waals surface area contributed by atoms with E-state index in [1.54, 1.807) is 11.9 Å². The van der Waals surface area contributed by atoms with E-state index in [1.165, 1.54) is 45.6 Å². The van der Waals surface area contributed by atoms with Crippen LogP contribution >= 0.6 is 11.9 Å². The summed E-state index contributed by atoms with van der Waals surface area (Å²) in [5.41, 5.74) is 5.03. The molecule has 1 aliphatic heterocycles. The summed E-state index contributed by atoms with van der Waals surface area (Å²) in [6, 6.07) is 17.5. The molecule has 23 heavy (non-hydrogen) atoms. The fourth-order valence-electron chi connectivity index (χ4n) is 3.36. The van der Waals surface area contributed by atoms with Gasteiger partial charge in [-0.15, -0.1) is 0 Å². The number of aromatic amines is 1. The molecule has 2 heterocycles. The van der Waals surface area contributed by atoms with Crippen LogP contribution in [0.2, 0.25) is 0 Å². The summed E-state index contributed by atoms with van der Waals surface area (Å²) in [4.78, 5) is 7.34. The number of aromatic nitrogens is 1. The maximum atomic E-state index is 3.59. The first-order chi connectivity index (χ1) is 11.3. The normalized spacial score (nSPS) is 14.7. The number of rotatable bonds is 4. The van der Waals surface area contributed by atoms with Crippen molar-refractivity contribution in [2.75, 3.05) is 25.0 Å². The molecule has 2 aromatic carbocycles. The largest absolute Gasteiger partial charge is 0.371 e.